The van der Waals surface area contributed by atoms with Crippen LogP contribution in [0.25, 0.3) is 0 Å². The zero-order valence-electron chi connectivity index (χ0n) is 9.83. The number of benzene rings is 1. The van der Waals surface area contributed by atoms with Gasteiger partial charge in [0.1, 0.15) is 0 Å². The van der Waals surface area contributed by atoms with Crippen LogP contribution in [-0.4, -0.2) is 36.1 Å². The van der Waals surface area contributed by atoms with Crippen molar-refractivity contribution in [2.45, 2.75) is 6.54 Å². The quantitative estimate of drug-likeness (QED) is 0.594. The zero-order valence-corrected chi connectivity index (χ0v) is 9.83. The van der Waals surface area contributed by atoms with Gasteiger partial charge in [0.15, 0.2) is 0 Å². The van der Waals surface area contributed by atoms with Crippen LogP contribution in [-0.2, 0) is 11.3 Å². The van der Waals surface area contributed by atoms with Gasteiger partial charge in [-0.1, -0.05) is 0 Å². The molecule has 1 heterocycles. The van der Waals surface area contributed by atoms with E-state index in [9.17, 15) is 10.1 Å². The number of non-ortho nitro benzene ring substituents is 1. The minimum absolute atomic E-state index is 0.0252. The molecule has 6 heteroatoms. The Bertz CT molecular complexity index is 490. The molecule has 0 aliphatic carbocycles. The van der Waals surface area contributed by atoms with Crippen LogP contribution in [0.5, 0.6) is 0 Å². The van der Waals surface area contributed by atoms with Crippen LogP contribution in [0.4, 0.5) is 5.69 Å². The third-order valence-electron chi connectivity index (χ3n) is 2.92. The molecule has 1 aromatic carbocycles. The highest BCUT2D eigenvalue weighted by Gasteiger charge is 2.15. The largest absolute Gasteiger partial charge is 0.379 e. The van der Waals surface area contributed by atoms with E-state index in [1.54, 1.807) is 0 Å². The van der Waals surface area contributed by atoms with E-state index in [0.717, 1.165) is 13.1 Å². The molecule has 0 bridgehead atoms. The van der Waals surface area contributed by atoms with E-state index in [0.29, 0.717) is 30.9 Å². The second kappa shape index (κ2) is 5.58. The summed E-state index contributed by atoms with van der Waals surface area (Å²) in [5.41, 5.74) is 1.22. The first-order chi connectivity index (χ1) is 8.70. The van der Waals surface area contributed by atoms with Crippen molar-refractivity contribution in [3.63, 3.8) is 0 Å². The maximum Gasteiger partial charge on any atom is 0.269 e. The molecule has 0 amide bonds. The molecule has 0 saturated carbocycles. The lowest BCUT2D eigenvalue weighted by Crippen LogP contribution is -2.35. The van der Waals surface area contributed by atoms with Crippen LogP contribution in [0.15, 0.2) is 18.2 Å². The third kappa shape index (κ3) is 2.83. The van der Waals surface area contributed by atoms with Gasteiger partial charge in [0.25, 0.3) is 5.69 Å². The first kappa shape index (κ1) is 12.5. The van der Waals surface area contributed by atoms with Gasteiger partial charge in [-0.05, 0) is 11.6 Å². The Morgan fingerprint density at radius 2 is 2.17 bits per heavy atom. The van der Waals surface area contributed by atoms with Crippen LogP contribution >= 0.6 is 0 Å². The van der Waals surface area contributed by atoms with Crippen LogP contribution in [0, 0.1) is 21.4 Å². The Kier molecular flexibility index (Phi) is 3.87. The Morgan fingerprint density at radius 3 is 2.78 bits per heavy atom. The van der Waals surface area contributed by atoms with Crippen LogP contribution in [0.3, 0.4) is 0 Å². The number of morpholine rings is 1. The fourth-order valence-electron chi connectivity index (χ4n) is 1.93. The molecule has 0 atom stereocenters. The highest BCUT2D eigenvalue weighted by atomic mass is 16.6. The highest BCUT2D eigenvalue weighted by Crippen LogP contribution is 2.19. The monoisotopic (exact) mass is 247 g/mol. The third-order valence-corrected chi connectivity index (χ3v) is 2.92. The first-order valence-electron chi connectivity index (χ1n) is 5.68. The molecule has 18 heavy (non-hydrogen) atoms. The van der Waals surface area contributed by atoms with Gasteiger partial charge in [-0.25, -0.2) is 0 Å². The first-order valence-corrected chi connectivity index (χ1v) is 5.68. The summed E-state index contributed by atoms with van der Waals surface area (Å²) in [4.78, 5) is 12.4. The molecule has 0 spiro atoms. The Balaban J connectivity index is 2.21. The number of hydrogen-bond acceptors (Lipinski definition) is 5. The topological polar surface area (TPSA) is 79.4 Å². The molecule has 1 fully saturated rings. The lowest BCUT2D eigenvalue weighted by atomic mass is 10.1. The van der Waals surface area contributed by atoms with E-state index in [2.05, 4.69) is 11.0 Å². The number of ether oxygens (including phenoxy) is 1. The van der Waals surface area contributed by atoms with E-state index in [4.69, 9.17) is 10.00 Å². The van der Waals surface area contributed by atoms with Gasteiger partial charge in [0, 0.05) is 31.8 Å². The molecule has 0 unspecified atom stereocenters. The summed E-state index contributed by atoms with van der Waals surface area (Å²) in [6, 6.07) is 6.42. The van der Waals surface area contributed by atoms with Crippen molar-refractivity contribution in [1.82, 2.24) is 4.90 Å². The normalized spacial score (nSPS) is 16.2. The van der Waals surface area contributed by atoms with Gasteiger partial charge < -0.3 is 4.74 Å². The molecule has 0 N–H and O–H groups in total. The van der Waals surface area contributed by atoms with Crippen molar-refractivity contribution >= 4 is 5.69 Å². The van der Waals surface area contributed by atoms with Gasteiger partial charge in [-0.3, -0.25) is 15.0 Å². The summed E-state index contributed by atoms with van der Waals surface area (Å²) in [7, 11) is 0. The molecule has 6 nitrogen and oxygen atoms in total. The second-order valence-electron chi connectivity index (χ2n) is 4.10. The van der Waals surface area contributed by atoms with Gasteiger partial charge in [0.05, 0.1) is 29.8 Å². The van der Waals surface area contributed by atoms with Crippen molar-refractivity contribution in [3.8, 4) is 6.07 Å². The van der Waals surface area contributed by atoms with Crippen molar-refractivity contribution in [3.05, 3.63) is 39.4 Å². The zero-order chi connectivity index (χ0) is 13.0. The van der Waals surface area contributed by atoms with Gasteiger partial charge >= 0.3 is 0 Å². The minimum atomic E-state index is -0.441. The molecule has 0 radical (unpaired) electrons. The number of rotatable bonds is 3. The summed E-state index contributed by atoms with van der Waals surface area (Å²) in [6.45, 7) is 3.45. The Morgan fingerprint density at radius 1 is 1.44 bits per heavy atom. The van der Waals surface area contributed by atoms with E-state index < -0.39 is 4.92 Å². The molecular formula is C12H13N3O3. The summed E-state index contributed by atoms with van der Waals surface area (Å²) >= 11 is 0. The van der Waals surface area contributed by atoms with Crippen molar-refractivity contribution < 1.29 is 9.66 Å². The van der Waals surface area contributed by atoms with E-state index >= 15 is 0 Å². The Hall–Kier alpha value is -1.97. The summed E-state index contributed by atoms with van der Waals surface area (Å²) < 4.78 is 5.24. The van der Waals surface area contributed by atoms with Crippen LogP contribution in [0.1, 0.15) is 11.1 Å². The lowest BCUT2D eigenvalue weighted by Gasteiger charge is -2.26. The minimum Gasteiger partial charge on any atom is -0.379 e. The lowest BCUT2D eigenvalue weighted by molar-refractivity contribution is -0.384. The number of nitro groups is 1. The maximum atomic E-state index is 10.7. The fraction of sp³-hybridized carbons (Fsp3) is 0.417. The molecule has 1 aliphatic heterocycles. The van der Waals surface area contributed by atoms with Gasteiger partial charge in [0.2, 0.25) is 0 Å². The van der Waals surface area contributed by atoms with E-state index in [1.165, 1.54) is 18.2 Å². The summed E-state index contributed by atoms with van der Waals surface area (Å²) in [6.07, 6.45) is 0. The maximum absolute atomic E-state index is 10.7. The van der Waals surface area contributed by atoms with Crippen molar-refractivity contribution in [1.29, 1.82) is 5.26 Å². The number of nitro benzene ring substituents is 1. The molecular weight excluding hydrogens is 234 g/mol. The van der Waals surface area contributed by atoms with E-state index in [-0.39, 0.29) is 5.69 Å². The van der Waals surface area contributed by atoms with E-state index in [1.807, 2.05) is 0 Å². The fourth-order valence-corrected chi connectivity index (χ4v) is 1.93. The SMILES string of the molecule is N#Cc1ccc([N+](=O)[O-])cc1CN1CCOCC1. The molecule has 1 aromatic rings. The van der Waals surface area contributed by atoms with Gasteiger partial charge in [-0.15, -0.1) is 0 Å². The molecule has 94 valence electrons. The predicted octanol–water partition coefficient (Wildman–Crippen LogP) is 1.30. The number of hydrogen-bond donors (Lipinski definition) is 0. The average Bonchev–Trinajstić information content (AvgIpc) is 2.39. The molecule has 1 saturated heterocycles. The van der Waals surface area contributed by atoms with Crippen molar-refractivity contribution in [2.24, 2.45) is 0 Å². The van der Waals surface area contributed by atoms with Crippen LogP contribution in [0.2, 0.25) is 0 Å². The summed E-state index contributed by atoms with van der Waals surface area (Å²) in [5.74, 6) is 0. The molecule has 1 aliphatic rings. The number of nitriles is 1. The molecule has 0 aromatic heterocycles. The molecule has 2 rings (SSSR count). The van der Waals surface area contributed by atoms with Crippen LogP contribution < -0.4 is 0 Å². The highest BCUT2D eigenvalue weighted by molar-refractivity contribution is 5.45. The van der Waals surface area contributed by atoms with Gasteiger partial charge in [-0.2, -0.15) is 5.26 Å². The smallest absolute Gasteiger partial charge is 0.269 e. The average molecular weight is 247 g/mol. The second-order valence-corrected chi connectivity index (χ2v) is 4.10. The predicted molar refractivity (Wildman–Crippen MR) is 63.9 cm³/mol. The Labute approximate surface area is 105 Å². The van der Waals surface area contributed by atoms with Crippen molar-refractivity contribution in [2.75, 3.05) is 26.3 Å². The summed E-state index contributed by atoms with van der Waals surface area (Å²) in [5, 5.41) is 19.7. The standard InChI is InChI=1S/C12H13N3O3/c13-8-10-1-2-12(15(16)17)7-11(10)9-14-3-5-18-6-4-14/h1-2,7H,3-6,9H2. The number of nitrogens with zero attached hydrogens (tertiary/aromatic N) is 3.